The summed E-state index contributed by atoms with van der Waals surface area (Å²) in [6.45, 7) is 1.84. The van der Waals surface area contributed by atoms with E-state index in [1.807, 2.05) is 6.92 Å². The number of hydrogen-bond acceptors (Lipinski definition) is 5. The van der Waals surface area contributed by atoms with Crippen molar-refractivity contribution in [1.82, 2.24) is 10.2 Å². The normalized spacial score (nSPS) is 11.7. The molecule has 0 aliphatic heterocycles. The number of benzene rings is 2. The number of carbonyl (C=O) groups excluding carboxylic acids is 1. The summed E-state index contributed by atoms with van der Waals surface area (Å²) in [4.78, 5) is 12.5. The standard InChI is InChI=1S/C18H15F3N4O4S/c1-11-5-7-12(8-6-11)25-30(27,28)17-15(10-22-24-17)16(26)23-13-3-2-4-14(9-13)29-18(19,20)21/h2-10,25H,1H3,(H,22,24)(H,23,26). The molecule has 30 heavy (non-hydrogen) atoms. The molecule has 8 nitrogen and oxygen atoms in total. The van der Waals surface area contributed by atoms with Gasteiger partial charge >= 0.3 is 6.36 Å². The maximum absolute atomic E-state index is 12.6. The summed E-state index contributed by atoms with van der Waals surface area (Å²) in [5.41, 5.74) is 0.851. The lowest BCUT2D eigenvalue weighted by atomic mass is 10.2. The van der Waals surface area contributed by atoms with E-state index in [2.05, 4.69) is 25.0 Å². The molecule has 3 rings (SSSR count). The van der Waals surface area contributed by atoms with Crippen LogP contribution in [-0.2, 0) is 10.0 Å². The number of aryl methyl sites for hydroxylation is 1. The van der Waals surface area contributed by atoms with Gasteiger partial charge in [-0.15, -0.1) is 13.2 Å². The lowest BCUT2D eigenvalue weighted by molar-refractivity contribution is -0.274. The van der Waals surface area contributed by atoms with Gasteiger partial charge in [-0.25, -0.2) is 0 Å². The summed E-state index contributed by atoms with van der Waals surface area (Å²) in [7, 11) is -4.19. The van der Waals surface area contributed by atoms with Crippen LogP contribution in [0.3, 0.4) is 0 Å². The smallest absolute Gasteiger partial charge is 0.406 e. The molecule has 1 heterocycles. The van der Waals surface area contributed by atoms with Crippen LogP contribution >= 0.6 is 0 Å². The van der Waals surface area contributed by atoms with Crippen molar-refractivity contribution < 1.29 is 31.1 Å². The number of anilines is 2. The van der Waals surface area contributed by atoms with Gasteiger partial charge in [0.25, 0.3) is 15.9 Å². The summed E-state index contributed by atoms with van der Waals surface area (Å²) in [5, 5.41) is 7.67. The van der Waals surface area contributed by atoms with Gasteiger partial charge in [0, 0.05) is 17.4 Å². The molecule has 1 amide bonds. The predicted octanol–water partition coefficient (Wildman–Crippen LogP) is 3.67. The number of aromatic amines is 1. The summed E-state index contributed by atoms with van der Waals surface area (Å²) in [6.07, 6.45) is -3.90. The number of hydrogen-bond donors (Lipinski definition) is 3. The molecule has 0 saturated carbocycles. The van der Waals surface area contributed by atoms with Crippen molar-refractivity contribution in [3.05, 3.63) is 65.9 Å². The molecule has 0 atom stereocenters. The minimum Gasteiger partial charge on any atom is -0.406 e. The summed E-state index contributed by atoms with van der Waals surface area (Å²) in [5.74, 6) is -1.43. The molecule has 0 saturated heterocycles. The Morgan fingerprint density at radius 3 is 2.47 bits per heavy atom. The Balaban J connectivity index is 1.80. The number of alkyl halides is 3. The quantitative estimate of drug-likeness (QED) is 0.541. The highest BCUT2D eigenvalue weighted by atomic mass is 32.2. The van der Waals surface area contributed by atoms with Gasteiger partial charge in [-0.2, -0.15) is 13.5 Å². The SMILES string of the molecule is Cc1ccc(NS(=O)(=O)c2[nH]ncc2C(=O)Nc2cccc(OC(F)(F)F)c2)cc1. The molecule has 0 unspecified atom stereocenters. The second-order valence-corrected chi connectivity index (χ2v) is 7.73. The molecule has 12 heteroatoms. The predicted molar refractivity (Wildman–Crippen MR) is 102 cm³/mol. The minimum absolute atomic E-state index is 0.0298. The zero-order valence-electron chi connectivity index (χ0n) is 15.3. The molecule has 3 aromatic rings. The number of carbonyl (C=O) groups is 1. The number of rotatable bonds is 6. The van der Waals surface area contributed by atoms with E-state index in [0.29, 0.717) is 0 Å². The number of amides is 1. The first kappa shape index (κ1) is 21.2. The molecule has 0 aliphatic carbocycles. The monoisotopic (exact) mass is 440 g/mol. The fraction of sp³-hybridized carbons (Fsp3) is 0.111. The molecule has 158 valence electrons. The minimum atomic E-state index is -4.89. The van der Waals surface area contributed by atoms with Crippen LogP contribution in [0.4, 0.5) is 24.5 Å². The highest BCUT2D eigenvalue weighted by Crippen LogP contribution is 2.26. The van der Waals surface area contributed by atoms with Crippen LogP contribution < -0.4 is 14.8 Å². The number of halogens is 3. The van der Waals surface area contributed by atoms with Crippen LogP contribution in [0.15, 0.2) is 59.8 Å². The van der Waals surface area contributed by atoms with Crippen molar-refractivity contribution in [3.8, 4) is 5.75 Å². The molecular formula is C18H15F3N4O4S. The van der Waals surface area contributed by atoms with Crippen molar-refractivity contribution in [3.63, 3.8) is 0 Å². The highest BCUT2D eigenvalue weighted by molar-refractivity contribution is 7.92. The number of aromatic nitrogens is 2. The van der Waals surface area contributed by atoms with Crippen LogP contribution in [0.25, 0.3) is 0 Å². The number of nitrogens with one attached hydrogen (secondary N) is 3. The zero-order valence-corrected chi connectivity index (χ0v) is 16.1. The Morgan fingerprint density at radius 1 is 1.10 bits per heavy atom. The van der Waals surface area contributed by atoms with Crippen molar-refractivity contribution in [2.75, 3.05) is 10.0 Å². The lowest BCUT2D eigenvalue weighted by Gasteiger charge is -2.11. The van der Waals surface area contributed by atoms with E-state index in [-0.39, 0.29) is 16.9 Å². The van der Waals surface area contributed by atoms with Crippen LogP contribution in [0.5, 0.6) is 5.75 Å². The van der Waals surface area contributed by atoms with Crippen LogP contribution in [0.1, 0.15) is 15.9 Å². The molecule has 0 bridgehead atoms. The van der Waals surface area contributed by atoms with E-state index in [4.69, 9.17) is 0 Å². The van der Waals surface area contributed by atoms with Crippen LogP contribution in [0, 0.1) is 6.92 Å². The number of H-pyrrole nitrogens is 1. The number of nitrogens with zero attached hydrogens (tertiary/aromatic N) is 1. The van der Waals surface area contributed by atoms with Gasteiger partial charge in [0.2, 0.25) is 0 Å². The molecule has 0 spiro atoms. The highest BCUT2D eigenvalue weighted by Gasteiger charge is 2.31. The molecular weight excluding hydrogens is 425 g/mol. The van der Waals surface area contributed by atoms with E-state index >= 15 is 0 Å². The molecule has 1 aromatic heterocycles. The van der Waals surface area contributed by atoms with Gasteiger partial charge < -0.3 is 10.1 Å². The number of sulfonamides is 1. The van der Waals surface area contributed by atoms with Crippen LogP contribution in [-0.4, -0.2) is 30.9 Å². The van der Waals surface area contributed by atoms with Gasteiger partial charge in [0.15, 0.2) is 5.03 Å². The zero-order chi connectivity index (χ0) is 21.9. The first-order chi connectivity index (χ1) is 14.0. The van der Waals surface area contributed by atoms with Gasteiger partial charge in [-0.1, -0.05) is 23.8 Å². The van der Waals surface area contributed by atoms with E-state index in [0.717, 1.165) is 23.9 Å². The van der Waals surface area contributed by atoms with Crippen molar-refractivity contribution in [2.24, 2.45) is 0 Å². The van der Waals surface area contributed by atoms with Crippen LogP contribution in [0.2, 0.25) is 0 Å². The van der Waals surface area contributed by atoms with Crippen molar-refractivity contribution >= 4 is 27.3 Å². The van der Waals surface area contributed by atoms with E-state index < -0.39 is 33.1 Å². The van der Waals surface area contributed by atoms with Crippen molar-refractivity contribution in [1.29, 1.82) is 0 Å². The topological polar surface area (TPSA) is 113 Å². The maximum Gasteiger partial charge on any atom is 0.573 e. The van der Waals surface area contributed by atoms with Gasteiger partial charge in [-0.05, 0) is 31.2 Å². The van der Waals surface area contributed by atoms with E-state index in [9.17, 15) is 26.4 Å². The Morgan fingerprint density at radius 2 is 1.80 bits per heavy atom. The average molecular weight is 440 g/mol. The Labute approximate surface area is 169 Å². The third-order valence-electron chi connectivity index (χ3n) is 3.75. The third-order valence-corrected chi connectivity index (χ3v) is 5.10. The molecule has 0 radical (unpaired) electrons. The lowest BCUT2D eigenvalue weighted by Crippen LogP contribution is -2.20. The Bertz CT molecular complexity index is 1160. The van der Waals surface area contributed by atoms with Gasteiger partial charge in [0.1, 0.15) is 5.75 Å². The molecule has 2 aromatic carbocycles. The fourth-order valence-electron chi connectivity index (χ4n) is 2.44. The largest absolute Gasteiger partial charge is 0.573 e. The Hall–Kier alpha value is -3.54. The van der Waals surface area contributed by atoms with Crippen molar-refractivity contribution in [2.45, 2.75) is 18.3 Å². The van der Waals surface area contributed by atoms with E-state index in [1.165, 1.54) is 12.1 Å². The molecule has 0 fully saturated rings. The Kier molecular flexibility index (Phi) is 5.69. The average Bonchev–Trinajstić information content (AvgIpc) is 3.13. The van der Waals surface area contributed by atoms with Gasteiger partial charge in [-0.3, -0.25) is 14.6 Å². The molecule has 3 N–H and O–H groups in total. The number of ether oxygens (including phenoxy) is 1. The molecule has 0 aliphatic rings. The fourth-order valence-corrected chi connectivity index (χ4v) is 3.59. The third kappa shape index (κ3) is 5.29. The first-order valence-electron chi connectivity index (χ1n) is 8.33. The van der Waals surface area contributed by atoms with Gasteiger partial charge in [0.05, 0.1) is 11.8 Å². The summed E-state index contributed by atoms with van der Waals surface area (Å²) < 4.78 is 68.4. The maximum atomic E-state index is 12.6. The van der Waals surface area contributed by atoms with E-state index in [1.54, 1.807) is 24.3 Å². The second kappa shape index (κ2) is 8.06. The first-order valence-corrected chi connectivity index (χ1v) is 9.82. The summed E-state index contributed by atoms with van der Waals surface area (Å²) >= 11 is 0. The summed E-state index contributed by atoms with van der Waals surface area (Å²) in [6, 6.07) is 11.1. The second-order valence-electron chi connectivity index (χ2n) is 6.11.